The summed E-state index contributed by atoms with van der Waals surface area (Å²) < 4.78 is 5.74. The molecule has 5 rings (SSSR count). The largest absolute Gasteiger partial charge is 0.490 e. The molecule has 2 atom stereocenters. The van der Waals surface area contributed by atoms with E-state index in [2.05, 4.69) is 23.2 Å². The number of rotatable bonds is 6. The second-order valence-electron chi connectivity index (χ2n) is 8.82. The van der Waals surface area contributed by atoms with Gasteiger partial charge >= 0.3 is 0 Å². The predicted molar refractivity (Wildman–Crippen MR) is 127 cm³/mol. The Morgan fingerprint density at radius 1 is 1.30 bits per heavy atom. The van der Waals surface area contributed by atoms with E-state index in [1.54, 1.807) is 11.3 Å². The molecule has 0 spiro atoms. The lowest BCUT2D eigenvalue weighted by Gasteiger charge is -2.24. The third kappa shape index (κ3) is 3.79. The van der Waals surface area contributed by atoms with E-state index in [1.807, 2.05) is 49.2 Å². The lowest BCUT2D eigenvalue weighted by molar-refractivity contribution is -0.129. The number of aromatic nitrogens is 1. The zero-order valence-corrected chi connectivity index (χ0v) is 19.4. The Kier molecular flexibility index (Phi) is 5.65. The van der Waals surface area contributed by atoms with Gasteiger partial charge in [-0.05, 0) is 61.1 Å². The molecule has 2 aromatic carbocycles. The van der Waals surface area contributed by atoms with Crippen LogP contribution in [0.2, 0.25) is 0 Å². The lowest BCUT2D eigenvalue weighted by atomic mass is 10.0. The number of nitrogens with zero attached hydrogens (tertiary/aromatic N) is 3. The van der Waals surface area contributed by atoms with Crippen LogP contribution in [0.3, 0.4) is 0 Å². The number of aliphatic hydroxyl groups excluding tert-OH is 1. The van der Waals surface area contributed by atoms with E-state index in [-0.39, 0.29) is 30.6 Å². The maximum absolute atomic E-state index is 12.4. The molecule has 0 saturated carbocycles. The Hall–Kier alpha value is -3.21. The van der Waals surface area contributed by atoms with Crippen LogP contribution in [0.15, 0.2) is 42.6 Å². The topological polar surface area (TPSA) is 86.4 Å². The fraction of sp³-hybridized carbons (Fsp3) is 0.346. The highest BCUT2D eigenvalue weighted by Gasteiger charge is 2.45. The van der Waals surface area contributed by atoms with Crippen LogP contribution in [-0.2, 0) is 11.2 Å². The number of β-amino-alcohol motifs (C(OH)–C–C–N with tert-alkyl or cyclic N) is 1. The van der Waals surface area contributed by atoms with E-state index in [4.69, 9.17) is 4.74 Å². The van der Waals surface area contributed by atoms with E-state index < -0.39 is 0 Å². The highest BCUT2D eigenvalue weighted by molar-refractivity contribution is 7.18. The van der Waals surface area contributed by atoms with Gasteiger partial charge in [0.2, 0.25) is 5.91 Å². The van der Waals surface area contributed by atoms with Crippen LogP contribution in [-0.4, -0.2) is 40.2 Å². The second-order valence-corrected chi connectivity index (χ2v) is 9.85. The van der Waals surface area contributed by atoms with Gasteiger partial charge in [-0.15, -0.1) is 11.3 Å². The number of hydrogen-bond acceptors (Lipinski definition) is 6. The van der Waals surface area contributed by atoms with Crippen LogP contribution in [0.5, 0.6) is 5.75 Å². The normalized spacial score (nSPS) is 19.0. The third-order valence-corrected chi connectivity index (χ3v) is 7.44. The number of carbonyl (C=O) groups is 1. The van der Waals surface area contributed by atoms with Gasteiger partial charge < -0.3 is 14.7 Å². The second kappa shape index (κ2) is 8.62. The fourth-order valence-corrected chi connectivity index (χ4v) is 6.05. The van der Waals surface area contributed by atoms with Gasteiger partial charge in [-0.3, -0.25) is 4.79 Å². The molecule has 7 heteroatoms. The summed E-state index contributed by atoms with van der Waals surface area (Å²) in [6.07, 6.45) is 3.29. The Morgan fingerprint density at radius 3 is 2.91 bits per heavy atom. The van der Waals surface area contributed by atoms with Crippen molar-refractivity contribution < 1.29 is 14.6 Å². The molecule has 1 saturated heterocycles. The average Bonchev–Trinajstić information content (AvgIpc) is 3.49. The molecule has 0 unspecified atom stereocenters. The summed E-state index contributed by atoms with van der Waals surface area (Å²) in [5, 5.41) is 19.8. The SMILES string of the molecule is CC(C)Oc1ccc(-c2ncc(-c3cccc4c3C[C@H]3CC(=O)N(CCO)[C@@H]43)s2)cc1C#N. The summed E-state index contributed by atoms with van der Waals surface area (Å²) in [7, 11) is 0. The summed E-state index contributed by atoms with van der Waals surface area (Å²) in [6, 6.07) is 14.2. The van der Waals surface area contributed by atoms with Crippen molar-refractivity contribution in [2.75, 3.05) is 13.2 Å². The number of likely N-dealkylation sites (tertiary alicyclic amines) is 1. The monoisotopic (exact) mass is 459 g/mol. The van der Waals surface area contributed by atoms with Crippen LogP contribution in [0, 0.1) is 17.2 Å². The first-order valence-corrected chi connectivity index (χ1v) is 12.0. The summed E-state index contributed by atoms with van der Waals surface area (Å²) >= 11 is 1.60. The van der Waals surface area contributed by atoms with Crippen molar-refractivity contribution in [1.82, 2.24) is 9.88 Å². The summed E-state index contributed by atoms with van der Waals surface area (Å²) in [5.41, 5.74) is 5.01. The number of benzene rings is 2. The molecule has 1 aliphatic heterocycles. The Morgan fingerprint density at radius 2 is 2.15 bits per heavy atom. The van der Waals surface area contributed by atoms with Crippen LogP contribution in [0.1, 0.15) is 43.0 Å². The van der Waals surface area contributed by atoms with Crippen LogP contribution >= 0.6 is 11.3 Å². The van der Waals surface area contributed by atoms with Crippen LogP contribution in [0.4, 0.5) is 0 Å². The first-order valence-electron chi connectivity index (χ1n) is 11.2. The number of carbonyl (C=O) groups excluding carboxylic acids is 1. The maximum Gasteiger partial charge on any atom is 0.223 e. The van der Waals surface area contributed by atoms with Crippen molar-refractivity contribution in [3.8, 4) is 32.8 Å². The molecule has 1 fully saturated rings. The molecule has 1 aromatic heterocycles. The molecule has 2 heterocycles. The van der Waals surface area contributed by atoms with E-state index in [0.29, 0.717) is 24.3 Å². The van der Waals surface area contributed by atoms with E-state index in [1.165, 1.54) is 11.1 Å². The minimum atomic E-state index is -0.0200. The zero-order chi connectivity index (χ0) is 23.1. The molecule has 1 aliphatic carbocycles. The number of ether oxygens (including phenoxy) is 1. The first-order chi connectivity index (χ1) is 16.0. The van der Waals surface area contributed by atoms with Crippen molar-refractivity contribution in [1.29, 1.82) is 5.26 Å². The standard InChI is InChI=1S/C26H25N3O3S/c1-15(2)32-22-7-6-16(10-18(22)13-27)26-28-14-23(33-26)19-4-3-5-20-21(19)11-17-12-24(31)29(8-9-30)25(17)20/h3-7,10,14-15,17,25,30H,8-9,11-12H2,1-2H3/t17-,25+/m0/s1. The van der Waals surface area contributed by atoms with Crippen molar-refractivity contribution >= 4 is 17.2 Å². The van der Waals surface area contributed by atoms with Gasteiger partial charge in [-0.1, -0.05) is 18.2 Å². The number of nitriles is 1. The third-order valence-electron chi connectivity index (χ3n) is 6.36. The summed E-state index contributed by atoms with van der Waals surface area (Å²) in [5.74, 6) is 0.982. The molecule has 33 heavy (non-hydrogen) atoms. The predicted octanol–water partition coefficient (Wildman–Crippen LogP) is 4.57. The molecule has 168 valence electrons. The van der Waals surface area contributed by atoms with Gasteiger partial charge in [0, 0.05) is 24.7 Å². The molecular formula is C26H25N3O3S. The maximum atomic E-state index is 12.4. The molecule has 3 aromatic rings. The van der Waals surface area contributed by atoms with Gasteiger partial charge in [-0.2, -0.15) is 5.26 Å². The number of amides is 1. The van der Waals surface area contributed by atoms with E-state index >= 15 is 0 Å². The number of aliphatic hydroxyl groups is 1. The minimum Gasteiger partial charge on any atom is -0.490 e. The van der Waals surface area contributed by atoms with E-state index in [9.17, 15) is 15.2 Å². The Balaban J connectivity index is 1.48. The quantitative estimate of drug-likeness (QED) is 0.583. The van der Waals surface area contributed by atoms with Crippen molar-refractivity contribution in [2.24, 2.45) is 5.92 Å². The number of thiazole rings is 1. The van der Waals surface area contributed by atoms with Gasteiger partial charge in [0.15, 0.2) is 0 Å². The smallest absolute Gasteiger partial charge is 0.223 e. The van der Waals surface area contributed by atoms with Crippen LogP contribution in [0.25, 0.3) is 21.0 Å². The van der Waals surface area contributed by atoms with Gasteiger partial charge in [-0.25, -0.2) is 4.98 Å². The number of hydrogen-bond donors (Lipinski definition) is 1. The molecule has 2 aliphatic rings. The Bertz CT molecular complexity index is 1260. The highest BCUT2D eigenvalue weighted by Crippen LogP contribution is 2.50. The zero-order valence-electron chi connectivity index (χ0n) is 18.6. The van der Waals surface area contributed by atoms with Gasteiger partial charge in [0.05, 0.1) is 29.2 Å². The minimum absolute atomic E-state index is 0.00215. The van der Waals surface area contributed by atoms with Crippen molar-refractivity contribution in [2.45, 2.75) is 38.8 Å². The van der Waals surface area contributed by atoms with Crippen LogP contribution < -0.4 is 4.74 Å². The molecule has 6 nitrogen and oxygen atoms in total. The van der Waals surface area contributed by atoms with E-state index in [0.717, 1.165) is 27.4 Å². The molecule has 1 amide bonds. The van der Waals surface area contributed by atoms with Crippen molar-refractivity contribution in [3.63, 3.8) is 0 Å². The Labute approximate surface area is 197 Å². The number of fused-ring (bicyclic) bond motifs is 3. The molecule has 0 radical (unpaired) electrons. The summed E-state index contributed by atoms with van der Waals surface area (Å²) in [6.45, 7) is 4.24. The lowest BCUT2D eigenvalue weighted by Crippen LogP contribution is -2.30. The first kappa shape index (κ1) is 21.6. The molecule has 0 bridgehead atoms. The summed E-state index contributed by atoms with van der Waals surface area (Å²) in [4.78, 5) is 20.0. The average molecular weight is 460 g/mol. The van der Waals surface area contributed by atoms with Crippen molar-refractivity contribution in [3.05, 3.63) is 59.3 Å². The van der Waals surface area contributed by atoms with Gasteiger partial charge in [0.25, 0.3) is 0 Å². The van der Waals surface area contributed by atoms with Gasteiger partial charge in [0.1, 0.15) is 16.8 Å². The highest BCUT2D eigenvalue weighted by atomic mass is 32.1. The molecular weight excluding hydrogens is 434 g/mol. The fourth-order valence-electron chi connectivity index (χ4n) is 5.08. The molecule has 1 N–H and O–H groups in total.